The topological polar surface area (TPSA) is 158 Å². The van der Waals surface area contributed by atoms with E-state index in [-0.39, 0.29) is 28.7 Å². The molecule has 1 aliphatic rings. The van der Waals surface area contributed by atoms with Crippen molar-refractivity contribution >= 4 is 43.7 Å². The predicted molar refractivity (Wildman–Crippen MR) is 187 cm³/mol. The van der Waals surface area contributed by atoms with Crippen LogP contribution in [0, 0.1) is 0 Å². The lowest BCUT2D eigenvalue weighted by atomic mass is 9.86. The van der Waals surface area contributed by atoms with Crippen molar-refractivity contribution in [3.63, 3.8) is 0 Å². The van der Waals surface area contributed by atoms with Crippen molar-refractivity contribution in [3.8, 4) is 22.4 Å². The number of hydrogen-bond donors (Lipinski definition) is 3. The van der Waals surface area contributed by atoms with Crippen molar-refractivity contribution in [2.45, 2.75) is 62.7 Å². The molecular weight excluding hydrogens is 645 g/mol. The number of aliphatic hydroxyl groups excluding tert-OH is 1. The summed E-state index contributed by atoms with van der Waals surface area (Å²) in [5.41, 5.74) is 4.55. The highest BCUT2D eigenvalue weighted by molar-refractivity contribution is 7.90. The number of aliphatic hydroxyl groups is 1. The smallest absolute Gasteiger partial charge is 0.407 e. The first-order valence-electron chi connectivity index (χ1n) is 16.1. The van der Waals surface area contributed by atoms with Gasteiger partial charge < -0.3 is 20.5 Å². The SMILES string of the molecule is COC(=O)NC1CC(Nc2c([C@@H](C)O)cnc3c2c(-c2ccc4c(cnn4C(C)C)c2)c(-c2cnn(C)c2)n3S(=O)(=O)c2ccccc2)C1. The minimum absolute atomic E-state index is 0.0826. The summed E-state index contributed by atoms with van der Waals surface area (Å²) in [6.07, 6.45) is 6.54. The van der Waals surface area contributed by atoms with Crippen molar-refractivity contribution < 1.29 is 23.1 Å². The number of methoxy groups -OCH3 is 1. The Morgan fingerprint density at radius 2 is 1.76 bits per heavy atom. The van der Waals surface area contributed by atoms with E-state index in [9.17, 15) is 18.3 Å². The van der Waals surface area contributed by atoms with Crippen molar-refractivity contribution in [3.05, 3.63) is 78.9 Å². The third-order valence-corrected chi connectivity index (χ3v) is 10.8. The van der Waals surface area contributed by atoms with Gasteiger partial charge in [0.2, 0.25) is 0 Å². The van der Waals surface area contributed by atoms with Crippen molar-refractivity contribution in [1.82, 2.24) is 33.8 Å². The fourth-order valence-corrected chi connectivity index (χ4v) is 8.14. The standard InChI is InChI=1S/C35H38N8O5S/c1-20(2)42-29-12-11-22(13-23(29)16-38-42)30-31-32(39-25-14-26(15-25)40-35(45)48-5)28(21(3)44)18-36-34(31)43(33(30)24-17-37-41(4)19-24)49(46,47)27-9-7-6-8-10-27/h6-13,16-21,25-26,44H,14-15H2,1-5H3,(H,36,39)(H,40,45)/t21-,25?,26?/m1/s1. The molecule has 0 bridgehead atoms. The van der Waals surface area contributed by atoms with Crippen LogP contribution in [0.3, 0.4) is 0 Å². The number of amides is 1. The molecule has 0 saturated heterocycles. The number of benzene rings is 2. The van der Waals surface area contributed by atoms with Crippen molar-refractivity contribution in [2.75, 3.05) is 12.4 Å². The second-order valence-corrected chi connectivity index (χ2v) is 14.6. The van der Waals surface area contributed by atoms with E-state index in [2.05, 4.69) is 34.7 Å². The van der Waals surface area contributed by atoms with Crippen LogP contribution in [0.1, 0.15) is 51.3 Å². The highest BCUT2D eigenvalue weighted by atomic mass is 32.2. The zero-order chi connectivity index (χ0) is 34.6. The Kier molecular flexibility index (Phi) is 8.15. The molecule has 0 unspecified atom stereocenters. The number of carbonyl (C=O) groups is 1. The van der Waals surface area contributed by atoms with Crippen LogP contribution in [0.25, 0.3) is 44.3 Å². The quantitative estimate of drug-likeness (QED) is 0.176. The van der Waals surface area contributed by atoms with Crippen LogP contribution < -0.4 is 10.6 Å². The maximum Gasteiger partial charge on any atom is 0.407 e. The molecule has 254 valence electrons. The minimum Gasteiger partial charge on any atom is -0.453 e. The van der Waals surface area contributed by atoms with Gasteiger partial charge in [0, 0.05) is 59.6 Å². The van der Waals surface area contributed by atoms with E-state index < -0.39 is 22.2 Å². The highest BCUT2D eigenvalue weighted by Gasteiger charge is 2.36. The van der Waals surface area contributed by atoms with Gasteiger partial charge in [0.1, 0.15) is 0 Å². The molecule has 1 saturated carbocycles. The van der Waals surface area contributed by atoms with Crippen molar-refractivity contribution in [1.29, 1.82) is 0 Å². The molecule has 1 amide bonds. The molecule has 13 nitrogen and oxygen atoms in total. The number of carbonyl (C=O) groups excluding carboxylic acids is 1. The fourth-order valence-electron chi connectivity index (χ4n) is 6.63. The second kappa shape index (κ2) is 12.3. The molecule has 0 aliphatic heterocycles. The molecule has 14 heteroatoms. The summed E-state index contributed by atoms with van der Waals surface area (Å²) >= 11 is 0. The zero-order valence-electron chi connectivity index (χ0n) is 27.8. The highest BCUT2D eigenvalue weighted by Crippen LogP contribution is 2.48. The molecule has 2 aromatic carbocycles. The zero-order valence-corrected chi connectivity index (χ0v) is 28.6. The molecule has 0 radical (unpaired) electrons. The third-order valence-electron chi connectivity index (χ3n) is 9.05. The number of hydrogen-bond acceptors (Lipinski definition) is 9. The number of ether oxygens (including phenoxy) is 1. The number of anilines is 1. The van der Waals surface area contributed by atoms with E-state index in [1.54, 1.807) is 61.4 Å². The normalized spacial score (nSPS) is 17.0. The number of fused-ring (bicyclic) bond motifs is 2. The van der Waals surface area contributed by atoms with Gasteiger partial charge in [0.25, 0.3) is 10.0 Å². The lowest BCUT2D eigenvalue weighted by Crippen LogP contribution is -2.49. The lowest BCUT2D eigenvalue weighted by Gasteiger charge is -2.37. The molecular formula is C35H38N8O5S. The van der Waals surface area contributed by atoms with Crippen LogP contribution >= 0.6 is 0 Å². The number of nitrogens with zero attached hydrogens (tertiary/aromatic N) is 6. The van der Waals surface area contributed by atoms with Crippen molar-refractivity contribution in [2.24, 2.45) is 7.05 Å². The average molecular weight is 683 g/mol. The summed E-state index contributed by atoms with van der Waals surface area (Å²) in [6.45, 7) is 5.79. The van der Waals surface area contributed by atoms with Crippen LogP contribution in [0.4, 0.5) is 10.5 Å². The predicted octanol–water partition coefficient (Wildman–Crippen LogP) is 5.62. The Hall–Kier alpha value is -5.21. The van der Waals surface area contributed by atoms with Gasteiger partial charge in [-0.25, -0.2) is 22.2 Å². The summed E-state index contributed by atoms with van der Waals surface area (Å²) in [6, 6.07) is 14.2. The maximum absolute atomic E-state index is 14.7. The Labute approximate surface area is 283 Å². The molecule has 0 spiro atoms. The summed E-state index contributed by atoms with van der Waals surface area (Å²) in [5, 5.41) is 28.0. The van der Waals surface area contributed by atoms with E-state index in [0.29, 0.717) is 46.3 Å². The maximum atomic E-state index is 14.7. The molecule has 3 N–H and O–H groups in total. The monoisotopic (exact) mass is 682 g/mol. The first-order chi connectivity index (χ1) is 23.5. The Morgan fingerprint density at radius 1 is 1.00 bits per heavy atom. The van der Waals surface area contributed by atoms with Crippen LogP contribution in [0.5, 0.6) is 0 Å². The Balaban J connectivity index is 1.55. The lowest BCUT2D eigenvalue weighted by molar-refractivity contribution is 0.158. The third kappa shape index (κ3) is 5.60. The molecule has 1 atom stereocenters. The Bertz CT molecular complexity index is 2300. The summed E-state index contributed by atoms with van der Waals surface area (Å²) in [5.74, 6) is 0. The van der Waals surface area contributed by atoms with E-state index >= 15 is 0 Å². The number of rotatable bonds is 9. The second-order valence-electron chi connectivity index (χ2n) is 12.8. The largest absolute Gasteiger partial charge is 0.453 e. The van der Waals surface area contributed by atoms with Gasteiger partial charge in [-0.15, -0.1) is 0 Å². The number of aryl methyl sites for hydroxylation is 1. The van der Waals surface area contributed by atoms with Gasteiger partial charge in [-0.05, 0) is 63.4 Å². The van der Waals surface area contributed by atoms with Crippen LogP contribution in [0.15, 0.2) is 78.2 Å². The molecule has 4 aromatic heterocycles. The summed E-state index contributed by atoms with van der Waals surface area (Å²) in [4.78, 5) is 16.7. The van der Waals surface area contributed by atoms with Crippen LogP contribution in [-0.2, 0) is 21.8 Å². The van der Waals surface area contributed by atoms with E-state index in [1.807, 2.05) is 29.1 Å². The number of aromatic nitrogens is 6. The molecule has 7 rings (SSSR count). The molecule has 6 aromatic rings. The van der Waals surface area contributed by atoms with Gasteiger partial charge in [-0.2, -0.15) is 10.2 Å². The van der Waals surface area contributed by atoms with Gasteiger partial charge in [0.15, 0.2) is 5.65 Å². The number of pyridine rings is 1. The number of nitrogens with one attached hydrogen (secondary N) is 2. The molecule has 1 fully saturated rings. The van der Waals surface area contributed by atoms with Crippen LogP contribution in [0.2, 0.25) is 0 Å². The van der Waals surface area contributed by atoms with Gasteiger partial charge in [0.05, 0.1) is 52.8 Å². The molecule has 4 heterocycles. The van der Waals surface area contributed by atoms with Crippen LogP contribution in [-0.4, -0.2) is 67.3 Å². The summed E-state index contributed by atoms with van der Waals surface area (Å²) < 4.78 is 39.1. The van der Waals surface area contributed by atoms with Gasteiger partial charge in [-0.1, -0.05) is 24.3 Å². The van der Waals surface area contributed by atoms with E-state index in [1.165, 1.54) is 17.3 Å². The first kappa shape index (κ1) is 32.3. The minimum atomic E-state index is -4.22. The molecule has 1 aliphatic carbocycles. The van der Waals surface area contributed by atoms with E-state index in [4.69, 9.17) is 9.72 Å². The average Bonchev–Trinajstić information content (AvgIpc) is 3.78. The number of alkyl carbamates (subject to hydrolysis) is 1. The first-order valence-corrected chi connectivity index (χ1v) is 17.6. The summed E-state index contributed by atoms with van der Waals surface area (Å²) in [7, 11) is -1.11. The Morgan fingerprint density at radius 3 is 2.41 bits per heavy atom. The van der Waals surface area contributed by atoms with Gasteiger partial charge >= 0.3 is 6.09 Å². The fraction of sp³-hybridized carbons (Fsp3) is 0.314. The molecule has 49 heavy (non-hydrogen) atoms. The van der Waals surface area contributed by atoms with Gasteiger partial charge in [-0.3, -0.25) is 9.36 Å². The van der Waals surface area contributed by atoms with E-state index in [0.717, 1.165) is 16.5 Å².